The van der Waals surface area contributed by atoms with Gasteiger partial charge in [-0.1, -0.05) is 33.1 Å². The molecule has 2 nitrogen and oxygen atoms in total. The second-order valence-electron chi connectivity index (χ2n) is 5.04. The summed E-state index contributed by atoms with van der Waals surface area (Å²) in [7, 11) is 0. The summed E-state index contributed by atoms with van der Waals surface area (Å²) in [5.41, 5.74) is 0. The Kier molecular flexibility index (Phi) is 6.26. The highest BCUT2D eigenvalue weighted by atomic mass is 16.3. The van der Waals surface area contributed by atoms with Crippen LogP contribution in [0.25, 0.3) is 0 Å². The van der Waals surface area contributed by atoms with Crippen molar-refractivity contribution in [3.63, 3.8) is 0 Å². The molecule has 1 fully saturated rings. The van der Waals surface area contributed by atoms with Gasteiger partial charge in [0, 0.05) is 12.6 Å². The van der Waals surface area contributed by atoms with Crippen molar-refractivity contribution in [3.05, 3.63) is 0 Å². The average Bonchev–Trinajstić information content (AvgIpc) is 2.24. The van der Waals surface area contributed by atoms with Crippen LogP contribution in [-0.2, 0) is 0 Å². The van der Waals surface area contributed by atoms with Crippen LogP contribution < -0.4 is 0 Å². The van der Waals surface area contributed by atoms with Gasteiger partial charge < -0.3 is 5.11 Å². The van der Waals surface area contributed by atoms with Crippen LogP contribution in [0.15, 0.2) is 0 Å². The molecule has 0 bridgehead atoms. The van der Waals surface area contributed by atoms with Crippen molar-refractivity contribution < 1.29 is 5.11 Å². The van der Waals surface area contributed by atoms with Crippen molar-refractivity contribution in [3.8, 4) is 0 Å². The lowest BCUT2D eigenvalue weighted by Crippen LogP contribution is -2.40. The molecular formula is C13H27NO. The van der Waals surface area contributed by atoms with Gasteiger partial charge in [-0.2, -0.15) is 0 Å². The van der Waals surface area contributed by atoms with Gasteiger partial charge >= 0.3 is 0 Å². The topological polar surface area (TPSA) is 23.5 Å². The maximum absolute atomic E-state index is 9.09. The first-order valence-electron chi connectivity index (χ1n) is 6.62. The van der Waals surface area contributed by atoms with E-state index in [1.54, 1.807) is 0 Å². The molecule has 0 aromatic heterocycles. The first-order chi connectivity index (χ1) is 7.27. The Labute approximate surface area is 94.7 Å². The van der Waals surface area contributed by atoms with E-state index >= 15 is 0 Å². The molecule has 0 heterocycles. The smallest absolute Gasteiger partial charge is 0.0558 e. The van der Waals surface area contributed by atoms with Crippen LogP contribution >= 0.6 is 0 Å². The number of aliphatic hydroxyl groups is 1. The van der Waals surface area contributed by atoms with Crippen LogP contribution in [0.5, 0.6) is 0 Å². The van der Waals surface area contributed by atoms with Crippen molar-refractivity contribution in [1.82, 2.24) is 4.90 Å². The SMILES string of the molecule is CCCCN(CCO)C1CCCC(C)C1. The highest BCUT2D eigenvalue weighted by Gasteiger charge is 2.23. The van der Waals surface area contributed by atoms with Crippen LogP contribution in [0.2, 0.25) is 0 Å². The predicted octanol–water partition coefficient (Wildman–Crippen LogP) is 2.66. The minimum absolute atomic E-state index is 0.314. The number of unbranched alkanes of at least 4 members (excludes halogenated alkanes) is 1. The molecule has 0 radical (unpaired) electrons. The van der Waals surface area contributed by atoms with Crippen molar-refractivity contribution in [2.75, 3.05) is 19.7 Å². The minimum Gasteiger partial charge on any atom is -0.395 e. The van der Waals surface area contributed by atoms with Crippen molar-refractivity contribution in [1.29, 1.82) is 0 Å². The molecule has 2 atom stereocenters. The van der Waals surface area contributed by atoms with E-state index in [0.29, 0.717) is 6.61 Å². The van der Waals surface area contributed by atoms with Crippen molar-refractivity contribution in [2.24, 2.45) is 5.92 Å². The average molecular weight is 213 g/mol. The molecule has 0 amide bonds. The highest BCUT2D eigenvalue weighted by Crippen LogP contribution is 2.27. The van der Waals surface area contributed by atoms with E-state index in [1.807, 2.05) is 0 Å². The Morgan fingerprint density at radius 1 is 1.27 bits per heavy atom. The predicted molar refractivity (Wildman–Crippen MR) is 65.0 cm³/mol. The maximum Gasteiger partial charge on any atom is 0.0558 e. The van der Waals surface area contributed by atoms with Gasteiger partial charge in [0.2, 0.25) is 0 Å². The highest BCUT2D eigenvalue weighted by molar-refractivity contribution is 4.78. The standard InChI is InChI=1S/C13H27NO/c1-3-4-8-14(9-10-15)13-7-5-6-12(2)11-13/h12-13,15H,3-11H2,1-2H3. The molecular weight excluding hydrogens is 186 g/mol. The summed E-state index contributed by atoms with van der Waals surface area (Å²) in [6.45, 7) is 6.96. The molecule has 1 aliphatic carbocycles. The molecule has 0 aliphatic heterocycles. The van der Waals surface area contributed by atoms with E-state index < -0.39 is 0 Å². The molecule has 15 heavy (non-hydrogen) atoms. The summed E-state index contributed by atoms with van der Waals surface area (Å²) in [4.78, 5) is 2.51. The van der Waals surface area contributed by atoms with Crippen molar-refractivity contribution >= 4 is 0 Å². The number of aliphatic hydroxyl groups excluding tert-OH is 1. The van der Waals surface area contributed by atoms with Gasteiger partial charge in [-0.15, -0.1) is 0 Å². The molecule has 1 aliphatic rings. The fraction of sp³-hybridized carbons (Fsp3) is 1.00. The summed E-state index contributed by atoms with van der Waals surface area (Å²) in [5, 5.41) is 9.09. The van der Waals surface area contributed by atoms with Crippen LogP contribution in [0.1, 0.15) is 52.4 Å². The van der Waals surface area contributed by atoms with Crippen molar-refractivity contribution in [2.45, 2.75) is 58.4 Å². The number of rotatable bonds is 6. The molecule has 1 N–H and O–H groups in total. The summed E-state index contributed by atoms with van der Waals surface area (Å²) >= 11 is 0. The monoisotopic (exact) mass is 213 g/mol. The van der Waals surface area contributed by atoms with Gasteiger partial charge in [0.05, 0.1) is 6.61 Å². The zero-order valence-corrected chi connectivity index (χ0v) is 10.4. The normalized spacial score (nSPS) is 27.2. The molecule has 2 unspecified atom stereocenters. The third-order valence-corrected chi connectivity index (χ3v) is 3.61. The third-order valence-electron chi connectivity index (χ3n) is 3.61. The van der Waals surface area contributed by atoms with E-state index in [1.165, 1.54) is 45.1 Å². The Morgan fingerprint density at radius 3 is 2.67 bits per heavy atom. The fourth-order valence-corrected chi connectivity index (χ4v) is 2.70. The zero-order valence-electron chi connectivity index (χ0n) is 10.4. The summed E-state index contributed by atoms with van der Waals surface area (Å²) in [6, 6.07) is 0.743. The van der Waals surface area contributed by atoms with E-state index in [4.69, 9.17) is 5.11 Å². The largest absolute Gasteiger partial charge is 0.395 e. The van der Waals surface area contributed by atoms with Gasteiger partial charge in [-0.3, -0.25) is 4.90 Å². The maximum atomic E-state index is 9.09. The van der Waals surface area contributed by atoms with E-state index in [-0.39, 0.29) is 0 Å². The quantitative estimate of drug-likeness (QED) is 0.733. The zero-order chi connectivity index (χ0) is 11.1. The number of hydrogen-bond acceptors (Lipinski definition) is 2. The van der Waals surface area contributed by atoms with E-state index in [0.717, 1.165) is 18.5 Å². The van der Waals surface area contributed by atoms with E-state index in [9.17, 15) is 0 Å². The first-order valence-corrected chi connectivity index (χ1v) is 6.62. The van der Waals surface area contributed by atoms with Gasteiger partial charge in [-0.25, -0.2) is 0 Å². The molecule has 0 aromatic carbocycles. The van der Waals surface area contributed by atoms with Gasteiger partial charge in [0.15, 0.2) is 0 Å². The second kappa shape index (κ2) is 7.24. The molecule has 1 rings (SSSR count). The fourth-order valence-electron chi connectivity index (χ4n) is 2.70. The Bertz CT molecular complexity index is 161. The van der Waals surface area contributed by atoms with Crippen LogP contribution in [0.4, 0.5) is 0 Å². The Morgan fingerprint density at radius 2 is 2.07 bits per heavy atom. The van der Waals surface area contributed by atoms with Crippen LogP contribution in [0, 0.1) is 5.92 Å². The Hall–Kier alpha value is -0.0800. The molecule has 0 aromatic rings. The summed E-state index contributed by atoms with van der Waals surface area (Å²) < 4.78 is 0. The lowest BCUT2D eigenvalue weighted by atomic mass is 9.86. The van der Waals surface area contributed by atoms with E-state index in [2.05, 4.69) is 18.7 Å². The molecule has 2 heteroatoms. The molecule has 90 valence electrons. The minimum atomic E-state index is 0.314. The lowest BCUT2D eigenvalue weighted by molar-refractivity contribution is 0.107. The summed E-state index contributed by atoms with van der Waals surface area (Å²) in [5.74, 6) is 0.881. The first kappa shape index (κ1) is 13.0. The molecule has 0 saturated heterocycles. The number of hydrogen-bond donors (Lipinski definition) is 1. The van der Waals surface area contributed by atoms with Crippen LogP contribution in [-0.4, -0.2) is 35.7 Å². The lowest BCUT2D eigenvalue weighted by Gasteiger charge is -2.36. The van der Waals surface area contributed by atoms with Gasteiger partial charge in [0.25, 0.3) is 0 Å². The second-order valence-corrected chi connectivity index (χ2v) is 5.04. The molecule has 1 saturated carbocycles. The Balaban J connectivity index is 2.38. The van der Waals surface area contributed by atoms with Gasteiger partial charge in [-0.05, 0) is 31.7 Å². The summed E-state index contributed by atoms with van der Waals surface area (Å²) in [6.07, 6.45) is 7.98. The van der Waals surface area contributed by atoms with Gasteiger partial charge in [0.1, 0.15) is 0 Å². The third kappa shape index (κ3) is 4.52. The number of nitrogens with zero attached hydrogens (tertiary/aromatic N) is 1. The van der Waals surface area contributed by atoms with Crippen LogP contribution in [0.3, 0.4) is 0 Å². The molecule has 0 spiro atoms.